The van der Waals surface area contributed by atoms with Crippen LogP contribution in [-0.4, -0.2) is 12.6 Å². The fourth-order valence-electron chi connectivity index (χ4n) is 0.942. The van der Waals surface area contributed by atoms with Gasteiger partial charge in [-0.3, -0.25) is 4.79 Å². The molecule has 14 heavy (non-hydrogen) atoms. The maximum atomic E-state index is 10.5. The zero-order valence-electron chi connectivity index (χ0n) is 7.87. The lowest BCUT2D eigenvalue weighted by atomic mass is 10.2. The average molecular weight is 255 g/mol. The van der Waals surface area contributed by atoms with Crippen molar-refractivity contribution in [2.45, 2.75) is 6.92 Å². The number of halogens is 1. The monoisotopic (exact) mass is 254 g/mol. The minimum Gasteiger partial charge on any atom is -0.460 e. The number of rotatable bonds is 3. The second-order valence-electron chi connectivity index (χ2n) is 2.78. The third-order valence-corrected chi connectivity index (χ3v) is 1.99. The summed E-state index contributed by atoms with van der Waals surface area (Å²) in [6.07, 6.45) is 1.92. The highest BCUT2D eigenvalue weighted by atomic mass is 79.9. The van der Waals surface area contributed by atoms with Crippen LogP contribution in [0, 0.1) is 0 Å². The highest BCUT2D eigenvalue weighted by Crippen LogP contribution is 2.12. The molecule has 0 saturated carbocycles. The van der Waals surface area contributed by atoms with Crippen molar-refractivity contribution >= 4 is 28.0 Å². The van der Waals surface area contributed by atoms with E-state index in [0.29, 0.717) is 0 Å². The Hall–Kier alpha value is -1.09. The van der Waals surface area contributed by atoms with Gasteiger partial charge in [0.05, 0.1) is 0 Å². The smallest absolute Gasteiger partial charge is 0.302 e. The summed E-state index contributed by atoms with van der Waals surface area (Å²) in [6.45, 7) is 1.67. The molecule has 0 aliphatic carbocycles. The molecule has 2 nitrogen and oxygen atoms in total. The zero-order chi connectivity index (χ0) is 10.4. The van der Waals surface area contributed by atoms with Gasteiger partial charge >= 0.3 is 5.97 Å². The molecule has 0 heterocycles. The molecule has 0 aliphatic rings. The summed E-state index contributed by atoms with van der Waals surface area (Å²) in [6, 6.07) is 9.83. The van der Waals surface area contributed by atoms with Gasteiger partial charge in [-0.1, -0.05) is 46.3 Å². The first kappa shape index (κ1) is 11.0. The van der Waals surface area contributed by atoms with E-state index < -0.39 is 0 Å². The first-order valence-corrected chi connectivity index (χ1v) is 5.02. The molecule has 0 amide bonds. The summed E-state index contributed by atoms with van der Waals surface area (Å²) in [7, 11) is 0. The molecule has 0 atom stereocenters. The molecule has 0 aromatic heterocycles. The molecular formula is C11H11BrO2. The predicted molar refractivity (Wildman–Crippen MR) is 60.0 cm³/mol. The maximum Gasteiger partial charge on any atom is 0.302 e. The largest absolute Gasteiger partial charge is 0.460 e. The van der Waals surface area contributed by atoms with Crippen LogP contribution in [0.15, 0.2) is 34.8 Å². The lowest BCUT2D eigenvalue weighted by Gasteiger charge is -2.00. The van der Waals surface area contributed by atoms with Gasteiger partial charge in [-0.15, -0.1) is 0 Å². The molecule has 0 bridgehead atoms. The standard InChI is InChI=1S/C11H11BrO2/c1-9(13)14-8-11(12)7-10-5-3-2-4-6-10/h2-7H,8H2,1H3/b11-7-. The topological polar surface area (TPSA) is 26.3 Å². The van der Waals surface area contributed by atoms with Gasteiger partial charge in [-0.2, -0.15) is 0 Å². The van der Waals surface area contributed by atoms with E-state index in [9.17, 15) is 4.79 Å². The van der Waals surface area contributed by atoms with Crippen molar-refractivity contribution in [1.82, 2.24) is 0 Å². The van der Waals surface area contributed by atoms with Crippen LogP contribution in [-0.2, 0) is 9.53 Å². The lowest BCUT2D eigenvalue weighted by molar-refractivity contribution is -0.139. The molecule has 3 heteroatoms. The van der Waals surface area contributed by atoms with Crippen molar-refractivity contribution in [3.8, 4) is 0 Å². The first-order chi connectivity index (χ1) is 6.68. The number of carbonyl (C=O) groups excluding carboxylic acids is 1. The van der Waals surface area contributed by atoms with Crippen molar-refractivity contribution in [2.75, 3.05) is 6.61 Å². The third kappa shape index (κ3) is 4.23. The number of carbonyl (C=O) groups is 1. The van der Waals surface area contributed by atoms with Crippen molar-refractivity contribution < 1.29 is 9.53 Å². The Morgan fingerprint density at radius 1 is 1.43 bits per heavy atom. The number of ether oxygens (including phenoxy) is 1. The fourth-order valence-corrected chi connectivity index (χ4v) is 1.32. The van der Waals surface area contributed by atoms with Gasteiger partial charge in [0, 0.05) is 11.4 Å². The van der Waals surface area contributed by atoms with Crippen LogP contribution in [0.2, 0.25) is 0 Å². The van der Waals surface area contributed by atoms with Gasteiger partial charge in [-0.05, 0) is 11.6 Å². The minimum absolute atomic E-state index is 0.275. The maximum absolute atomic E-state index is 10.5. The Kier molecular flexibility index (Phi) is 4.40. The van der Waals surface area contributed by atoms with E-state index in [1.807, 2.05) is 36.4 Å². The fraction of sp³-hybridized carbons (Fsp3) is 0.182. The van der Waals surface area contributed by atoms with E-state index in [0.717, 1.165) is 10.0 Å². The molecule has 74 valence electrons. The molecule has 0 N–H and O–H groups in total. The number of hydrogen-bond donors (Lipinski definition) is 0. The molecule has 0 unspecified atom stereocenters. The summed E-state index contributed by atoms with van der Waals surface area (Å²) in [5.74, 6) is -0.275. The normalized spacial score (nSPS) is 11.1. The molecule has 0 aliphatic heterocycles. The highest BCUT2D eigenvalue weighted by Gasteiger charge is 1.96. The highest BCUT2D eigenvalue weighted by molar-refractivity contribution is 9.11. The summed E-state index contributed by atoms with van der Waals surface area (Å²) < 4.78 is 5.67. The van der Waals surface area contributed by atoms with Crippen LogP contribution < -0.4 is 0 Å². The van der Waals surface area contributed by atoms with E-state index in [2.05, 4.69) is 15.9 Å². The van der Waals surface area contributed by atoms with Crippen LogP contribution in [0.5, 0.6) is 0 Å². The van der Waals surface area contributed by atoms with Crippen molar-refractivity contribution in [1.29, 1.82) is 0 Å². The molecule has 1 aromatic rings. The number of esters is 1. The molecule has 1 rings (SSSR count). The van der Waals surface area contributed by atoms with E-state index in [-0.39, 0.29) is 12.6 Å². The second-order valence-corrected chi connectivity index (χ2v) is 3.80. The SMILES string of the molecule is CC(=O)OC/C(Br)=C/c1ccccc1. The molecule has 1 aromatic carbocycles. The van der Waals surface area contributed by atoms with Crippen LogP contribution >= 0.6 is 15.9 Å². The summed E-state index contributed by atoms with van der Waals surface area (Å²) in [4.78, 5) is 10.5. The van der Waals surface area contributed by atoms with Crippen LogP contribution in [0.3, 0.4) is 0 Å². The van der Waals surface area contributed by atoms with Gasteiger partial charge in [0.25, 0.3) is 0 Å². The Labute approximate surface area is 91.7 Å². The van der Waals surface area contributed by atoms with Crippen LogP contribution in [0.25, 0.3) is 6.08 Å². The molecule has 0 fully saturated rings. The van der Waals surface area contributed by atoms with Crippen LogP contribution in [0.1, 0.15) is 12.5 Å². The Morgan fingerprint density at radius 2 is 2.07 bits per heavy atom. The summed E-state index contributed by atoms with van der Waals surface area (Å²) >= 11 is 3.33. The van der Waals surface area contributed by atoms with Gasteiger partial charge in [0.2, 0.25) is 0 Å². The third-order valence-electron chi connectivity index (χ3n) is 1.54. The quantitative estimate of drug-likeness (QED) is 0.776. The van der Waals surface area contributed by atoms with Gasteiger partial charge in [0.1, 0.15) is 6.61 Å². The lowest BCUT2D eigenvalue weighted by Crippen LogP contribution is -1.99. The Balaban J connectivity index is 2.56. The zero-order valence-corrected chi connectivity index (χ0v) is 9.45. The minimum atomic E-state index is -0.275. The van der Waals surface area contributed by atoms with Crippen molar-refractivity contribution in [3.63, 3.8) is 0 Å². The first-order valence-electron chi connectivity index (χ1n) is 4.23. The Morgan fingerprint density at radius 3 is 2.64 bits per heavy atom. The second kappa shape index (κ2) is 5.60. The van der Waals surface area contributed by atoms with Gasteiger partial charge in [0.15, 0.2) is 0 Å². The molecule has 0 spiro atoms. The van der Waals surface area contributed by atoms with Gasteiger partial charge in [-0.25, -0.2) is 0 Å². The van der Waals surface area contributed by atoms with Gasteiger partial charge < -0.3 is 4.74 Å². The van der Waals surface area contributed by atoms with E-state index in [1.54, 1.807) is 0 Å². The average Bonchev–Trinajstić information content (AvgIpc) is 2.16. The van der Waals surface area contributed by atoms with Crippen molar-refractivity contribution in [2.24, 2.45) is 0 Å². The van der Waals surface area contributed by atoms with Crippen LogP contribution in [0.4, 0.5) is 0 Å². The predicted octanol–water partition coefficient (Wildman–Crippen LogP) is 2.99. The summed E-state index contributed by atoms with van der Waals surface area (Å²) in [5, 5.41) is 0. The van der Waals surface area contributed by atoms with E-state index in [4.69, 9.17) is 4.74 Å². The number of hydrogen-bond acceptors (Lipinski definition) is 2. The summed E-state index contributed by atoms with van der Waals surface area (Å²) in [5.41, 5.74) is 1.08. The van der Waals surface area contributed by atoms with Crippen molar-refractivity contribution in [3.05, 3.63) is 40.4 Å². The molecule has 0 saturated heterocycles. The molecule has 0 radical (unpaired) electrons. The van der Waals surface area contributed by atoms with E-state index >= 15 is 0 Å². The number of benzene rings is 1. The Bertz CT molecular complexity index is 330. The molecular weight excluding hydrogens is 244 g/mol. The van der Waals surface area contributed by atoms with E-state index in [1.165, 1.54) is 6.92 Å².